The summed E-state index contributed by atoms with van der Waals surface area (Å²) in [6, 6.07) is 15.0. The standard InChI is InChI=1S/C19H19ClN2O2S/c1-3-22-15-10-6-7-11-16(15)25-19(2,18(22)24)17(23)21-12-13-8-4-5-9-14(13)20/h4-11H,3,12H2,1-2H3,(H,21,23). The maximum absolute atomic E-state index is 13.0. The summed E-state index contributed by atoms with van der Waals surface area (Å²) in [5.74, 6) is -0.509. The van der Waals surface area contributed by atoms with Gasteiger partial charge in [-0.05, 0) is 37.6 Å². The second-order valence-corrected chi connectivity index (χ2v) is 7.79. The number of rotatable bonds is 4. The van der Waals surface area contributed by atoms with Crippen LogP contribution in [0.4, 0.5) is 5.69 Å². The summed E-state index contributed by atoms with van der Waals surface area (Å²) in [7, 11) is 0. The predicted molar refractivity (Wildman–Crippen MR) is 102 cm³/mol. The van der Waals surface area contributed by atoms with E-state index < -0.39 is 4.75 Å². The summed E-state index contributed by atoms with van der Waals surface area (Å²) in [4.78, 5) is 28.4. The van der Waals surface area contributed by atoms with E-state index in [9.17, 15) is 9.59 Å². The Hall–Kier alpha value is -1.98. The van der Waals surface area contributed by atoms with E-state index >= 15 is 0 Å². The number of para-hydroxylation sites is 1. The largest absolute Gasteiger partial charge is 0.350 e. The highest BCUT2D eigenvalue weighted by atomic mass is 35.5. The van der Waals surface area contributed by atoms with Crippen molar-refractivity contribution in [3.05, 3.63) is 59.1 Å². The first-order valence-corrected chi connectivity index (χ1v) is 9.28. The van der Waals surface area contributed by atoms with Crippen molar-refractivity contribution in [1.29, 1.82) is 0 Å². The molecule has 2 aromatic carbocycles. The number of hydrogen-bond donors (Lipinski definition) is 1. The lowest BCUT2D eigenvalue weighted by Gasteiger charge is -2.38. The van der Waals surface area contributed by atoms with Crippen LogP contribution >= 0.6 is 23.4 Å². The van der Waals surface area contributed by atoms with Gasteiger partial charge in [0.1, 0.15) is 0 Å². The summed E-state index contributed by atoms with van der Waals surface area (Å²) < 4.78 is -1.20. The Morgan fingerprint density at radius 3 is 2.60 bits per heavy atom. The zero-order valence-electron chi connectivity index (χ0n) is 14.1. The fourth-order valence-corrected chi connectivity index (χ4v) is 4.27. The number of benzene rings is 2. The molecule has 3 rings (SSSR count). The van der Waals surface area contributed by atoms with Crippen molar-refractivity contribution in [3.63, 3.8) is 0 Å². The third kappa shape index (κ3) is 3.26. The van der Waals surface area contributed by atoms with Gasteiger partial charge in [0.2, 0.25) is 5.91 Å². The SMILES string of the molecule is CCN1C(=O)C(C)(C(=O)NCc2ccccc2Cl)Sc2ccccc21. The molecule has 0 saturated carbocycles. The van der Waals surface area contributed by atoms with Gasteiger partial charge in [-0.15, -0.1) is 0 Å². The minimum Gasteiger partial charge on any atom is -0.350 e. The average molecular weight is 375 g/mol. The number of hydrogen-bond acceptors (Lipinski definition) is 3. The number of nitrogens with zero attached hydrogens (tertiary/aromatic N) is 1. The van der Waals surface area contributed by atoms with Gasteiger partial charge in [0, 0.05) is 23.0 Å². The lowest BCUT2D eigenvalue weighted by molar-refractivity contribution is -0.131. The molecule has 1 unspecified atom stereocenters. The third-order valence-corrected chi connectivity index (χ3v) is 5.97. The number of nitrogens with one attached hydrogen (secondary N) is 1. The molecule has 1 aliphatic heterocycles. The van der Waals surface area contributed by atoms with Gasteiger partial charge in [0.25, 0.3) is 5.91 Å². The van der Waals surface area contributed by atoms with E-state index in [1.165, 1.54) is 11.8 Å². The van der Waals surface area contributed by atoms with Crippen LogP contribution in [-0.4, -0.2) is 23.1 Å². The lowest BCUT2D eigenvalue weighted by Crippen LogP contribution is -2.56. The van der Waals surface area contributed by atoms with Gasteiger partial charge in [-0.1, -0.05) is 53.7 Å². The summed E-state index contributed by atoms with van der Waals surface area (Å²) in [6.45, 7) is 4.40. The predicted octanol–water partition coefficient (Wildman–Crippen LogP) is 3.87. The van der Waals surface area contributed by atoms with Gasteiger partial charge in [0.15, 0.2) is 4.75 Å². The number of carbonyl (C=O) groups excluding carboxylic acids is 2. The molecule has 0 saturated heterocycles. The second-order valence-electron chi connectivity index (χ2n) is 5.93. The van der Waals surface area contributed by atoms with Crippen LogP contribution in [0.1, 0.15) is 19.4 Å². The van der Waals surface area contributed by atoms with Gasteiger partial charge in [-0.3, -0.25) is 9.59 Å². The fraction of sp³-hybridized carbons (Fsp3) is 0.263. The Labute approximate surface area is 156 Å². The average Bonchev–Trinajstić information content (AvgIpc) is 2.62. The van der Waals surface area contributed by atoms with Crippen molar-refractivity contribution in [3.8, 4) is 0 Å². The van der Waals surface area contributed by atoms with Gasteiger partial charge in [0.05, 0.1) is 5.69 Å². The van der Waals surface area contributed by atoms with Crippen LogP contribution in [0.25, 0.3) is 0 Å². The van der Waals surface area contributed by atoms with Crippen molar-refractivity contribution >= 4 is 40.9 Å². The fourth-order valence-electron chi connectivity index (χ4n) is 2.84. The summed E-state index contributed by atoms with van der Waals surface area (Å²) in [5, 5.41) is 3.46. The summed E-state index contributed by atoms with van der Waals surface area (Å²) in [6.07, 6.45) is 0. The molecular weight excluding hydrogens is 356 g/mol. The molecule has 1 aliphatic rings. The monoisotopic (exact) mass is 374 g/mol. The zero-order valence-corrected chi connectivity index (χ0v) is 15.7. The number of carbonyl (C=O) groups is 2. The van der Waals surface area contributed by atoms with Gasteiger partial charge < -0.3 is 10.2 Å². The van der Waals surface area contributed by atoms with Crippen LogP contribution < -0.4 is 10.2 Å². The molecular formula is C19H19ClN2O2S. The Morgan fingerprint density at radius 1 is 1.20 bits per heavy atom. The summed E-state index contributed by atoms with van der Waals surface area (Å²) in [5.41, 5.74) is 1.68. The van der Waals surface area contributed by atoms with E-state index in [0.717, 1.165) is 16.1 Å². The van der Waals surface area contributed by atoms with Crippen LogP contribution in [0.5, 0.6) is 0 Å². The van der Waals surface area contributed by atoms with Gasteiger partial charge in [-0.2, -0.15) is 0 Å². The van der Waals surface area contributed by atoms with Crippen LogP contribution in [0.2, 0.25) is 5.02 Å². The van der Waals surface area contributed by atoms with E-state index in [1.54, 1.807) is 17.9 Å². The van der Waals surface area contributed by atoms with Crippen LogP contribution in [-0.2, 0) is 16.1 Å². The molecule has 0 fully saturated rings. The first-order chi connectivity index (χ1) is 12.0. The van der Waals surface area contributed by atoms with Crippen molar-refractivity contribution in [2.45, 2.75) is 30.0 Å². The highest BCUT2D eigenvalue weighted by Crippen LogP contribution is 2.45. The number of thioether (sulfide) groups is 1. The maximum atomic E-state index is 13.0. The molecule has 25 heavy (non-hydrogen) atoms. The van der Waals surface area contributed by atoms with E-state index in [1.807, 2.05) is 49.4 Å². The van der Waals surface area contributed by atoms with Crippen molar-refractivity contribution < 1.29 is 9.59 Å². The molecule has 2 aromatic rings. The smallest absolute Gasteiger partial charge is 0.252 e. The Bertz CT molecular complexity index is 827. The highest BCUT2D eigenvalue weighted by Gasteiger charge is 2.48. The molecule has 0 aromatic heterocycles. The molecule has 1 atom stereocenters. The van der Waals surface area contributed by atoms with Crippen LogP contribution in [0.3, 0.4) is 0 Å². The molecule has 0 spiro atoms. The molecule has 6 heteroatoms. The molecule has 1 N–H and O–H groups in total. The molecule has 130 valence electrons. The first-order valence-electron chi connectivity index (χ1n) is 8.09. The lowest BCUT2D eigenvalue weighted by atomic mass is 10.1. The number of anilines is 1. The first kappa shape index (κ1) is 17.8. The number of halogens is 1. The Kier molecular flexibility index (Phi) is 5.06. The highest BCUT2D eigenvalue weighted by molar-refractivity contribution is 8.02. The maximum Gasteiger partial charge on any atom is 0.252 e. The Balaban J connectivity index is 1.84. The molecule has 4 nitrogen and oxygen atoms in total. The van der Waals surface area contributed by atoms with Crippen LogP contribution in [0.15, 0.2) is 53.4 Å². The topological polar surface area (TPSA) is 49.4 Å². The second kappa shape index (κ2) is 7.10. The molecule has 0 bridgehead atoms. The van der Waals surface area contributed by atoms with Crippen LogP contribution in [0, 0.1) is 0 Å². The van der Waals surface area contributed by atoms with Crippen molar-refractivity contribution in [2.75, 3.05) is 11.4 Å². The summed E-state index contributed by atoms with van der Waals surface area (Å²) >= 11 is 7.44. The molecule has 2 amide bonds. The quantitative estimate of drug-likeness (QED) is 0.826. The van der Waals surface area contributed by atoms with E-state index in [-0.39, 0.29) is 18.4 Å². The number of fused-ring (bicyclic) bond motifs is 1. The van der Waals surface area contributed by atoms with Crippen molar-refractivity contribution in [2.24, 2.45) is 0 Å². The molecule has 1 heterocycles. The van der Waals surface area contributed by atoms with Crippen molar-refractivity contribution in [1.82, 2.24) is 5.32 Å². The van der Waals surface area contributed by atoms with E-state index in [4.69, 9.17) is 11.6 Å². The molecule has 0 radical (unpaired) electrons. The zero-order chi connectivity index (χ0) is 18.0. The van der Waals surface area contributed by atoms with E-state index in [2.05, 4.69) is 5.32 Å². The molecule has 0 aliphatic carbocycles. The number of amides is 2. The van der Waals surface area contributed by atoms with Gasteiger partial charge in [-0.25, -0.2) is 0 Å². The van der Waals surface area contributed by atoms with E-state index in [0.29, 0.717) is 11.6 Å². The minimum atomic E-state index is -1.20. The van der Waals surface area contributed by atoms with Gasteiger partial charge >= 0.3 is 0 Å². The Morgan fingerprint density at radius 2 is 1.88 bits per heavy atom. The third-order valence-electron chi connectivity index (χ3n) is 4.27. The normalized spacial score (nSPS) is 19.5. The minimum absolute atomic E-state index is 0.199.